The van der Waals surface area contributed by atoms with Gasteiger partial charge in [0.2, 0.25) is 5.95 Å². The Balaban J connectivity index is 2.45. The molecule has 0 atom stereocenters. The van der Waals surface area contributed by atoms with Crippen LogP contribution in [0, 0.1) is 0 Å². The molecule has 1 aromatic heterocycles. The molecule has 0 aliphatic carbocycles. The molecule has 0 unspecified atom stereocenters. The number of hydrogen-bond donors (Lipinski definition) is 1. The van der Waals surface area contributed by atoms with Gasteiger partial charge in [-0.15, -0.1) is 0 Å². The average Bonchev–Trinajstić information content (AvgIpc) is 2.44. The van der Waals surface area contributed by atoms with Gasteiger partial charge < -0.3 is 10.2 Å². The Morgan fingerprint density at radius 3 is 2.63 bits per heavy atom. The highest BCUT2D eigenvalue weighted by atomic mass is 15.2. The van der Waals surface area contributed by atoms with Crippen LogP contribution in [0.15, 0.2) is 24.3 Å². The Morgan fingerprint density at radius 2 is 1.89 bits per heavy atom. The molecule has 1 heterocycles. The number of hydrogen-bond acceptors (Lipinski definition) is 4. The molecule has 4 heteroatoms. The smallest absolute Gasteiger partial charge is 0.225 e. The van der Waals surface area contributed by atoms with Crippen molar-refractivity contribution in [2.24, 2.45) is 0 Å². The zero-order valence-electron chi connectivity index (χ0n) is 12.0. The largest absolute Gasteiger partial charge is 0.359 e. The summed E-state index contributed by atoms with van der Waals surface area (Å²) in [5.41, 5.74) is 0.994. The van der Waals surface area contributed by atoms with Gasteiger partial charge in [0, 0.05) is 25.5 Å². The second-order valence-corrected chi connectivity index (χ2v) is 4.74. The van der Waals surface area contributed by atoms with E-state index in [4.69, 9.17) is 0 Å². The molecule has 1 N–H and O–H groups in total. The summed E-state index contributed by atoms with van der Waals surface area (Å²) in [7, 11) is 2.09. The van der Waals surface area contributed by atoms with Crippen molar-refractivity contribution in [1.82, 2.24) is 9.97 Å². The molecule has 0 radical (unpaired) electrons. The van der Waals surface area contributed by atoms with E-state index >= 15 is 0 Å². The first kappa shape index (κ1) is 13.6. The minimum absolute atomic E-state index is 0.721. The lowest BCUT2D eigenvalue weighted by Crippen LogP contribution is -2.20. The fourth-order valence-electron chi connectivity index (χ4n) is 2.11. The van der Waals surface area contributed by atoms with Crippen LogP contribution in [0.1, 0.15) is 26.7 Å². The lowest BCUT2D eigenvalue weighted by molar-refractivity contribution is 0.838. The maximum atomic E-state index is 4.66. The van der Waals surface area contributed by atoms with Crippen molar-refractivity contribution >= 4 is 22.7 Å². The molecule has 0 aliphatic heterocycles. The Labute approximate surface area is 114 Å². The summed E-state index contributed by atoms with van der Waals surface area (Å²) in [4.78, 5) is 11.4. The lowest BCUT2D eigenvalue weighted by Gasteiger charge is -2.20. The van der Waals surface area contributed by atoms with Crippen molar-refractivity contribution in [2.45, 2.75) is 26.7 Å². The van der Waals surface area contributed by atoms with E-state index in [2.05, 4.69) is 47.1 Å². The topological polar surface area (TPSA) is 41.1 Å². The van der Waals surface area contributed by atoms with E-state index in [0.717, 1.165) is 48.6 Å². The van der Waals surface area contributed by atoms with Crippen LogP contribution in [-0.2, 0) is 0 Å². The van der Waals surface area contributed by atoms with Crippen LogP contribution < -0.4 is 10.2 Å². The second kappa shape index (κ2) is 6.36. The van der Waals surface area contributed by atoms with Gasteiger partial charge >= 0.3 is 0 Å². The van der Waals surface area contributed by atoms with Crippen LogP contribution in [0.25, 0.3) is 10.9 Å². The summed E-state index contributed by atoms with van der Waals surface area (Å²) in [6.45, 7) is 6.21. The maximum Gasteiger partial charge on any atom is 0.225 e. The predicted molar refractivity (Wildman–Crippen MR) is 81.9 cm³/mol. The summed E-state index contributed by atoms with van der Waals surface area (Å²) < 4.78 is 0. The molecular formula is C15H22N4. The number of anilines is 2. The molecule has 0 amide bonds. The normalized spacial score (nSPS) is 10.7. The molecule has 4 nitrogen and oxygen atoms in total. The van der Waals surface area contributed by atoms with Crippen LogP contribution in [-0.4, -0.2) is 30.1 Å². The van der Waals surface area contributed by atoms with Gasteiger partial charge in [0.1, 0.15) is 5.82 Å². The molecule has 0 fully saturated rings. The second-order valence-electron chi connectivity index (χ2n) is 4.74. The third-order valence-corrected chi connectivity index (χ3v) is 3.04. The molecule has 0 aliphatic rings. The van der Waals surface area contributed by atoms with E-state index in [-0.39, 0.29) is 0 Å². The number of nitrogens with zero attached hydrogens (tertiary/aromatic N) is 3. The summed E-state index contributed by atoms with van der Waals surface area (Å²) in [5, 5.41) is 4.39. The quantitative estimate of drug-likeness (QED) is 0.863. The van der Waals surface area contributed by atoms with Crippen molar-refractivity contribution in [3.63, 3.8) is 0 Å². The van der Waals surface area contributed by atoms with Crippen molar-refractivity contribution in [2.75, 3.05) is 30.4 Å². The van der Waals surface area contributed by atoms with Crippen LogP contribution >= 0.6 is 0 Å². The average molecular weight is 258 g/mol. The van der Waals surface area contributed by atoms with E-state index in [1.54, 1.807) is 0 Å². The highest BCUT2D eigenvalue weighted by molar-refractivity contribution is 5.90. The number of nitrogens with one attached hydrogen (secondary N) is 1. The number of fused-ring (bicyclic) bond motifs is 1. The summed E-state index contributed by atoms with van der Waals surface area (Å²) >= 11 is 0. The molecule has 102 valence electrons. The Kier molecular flexibility index (Phi) is 4.55. The monoisotopic (exact) mass is 258 g/mol. The van der Waals surface area contributed by atoms with E-state index < -0.39 is 0 Å². The molecule has 2 rings (SSSR count). The molecule has 2 aromatic rings. The third kappa shape index (κ3) is 3.13. The first-order chi connectivity index (χ1) is 9.26. The van der Waals surface area contributed by atoms with E-state index in [1.165, 1.54) is 0 Å². The van der Waals surface area contributed by atoms with Gasteiger partial charge in [0.05, 0.1) is 5.52 Å². The zero-order chi connectivity index (χ0) is 13.7. The summed E-state index contributed by atoms with van der Waals surface area (Å²) in [6, 6.07) is 8.18. The third-order valence-electron chi connectivity index (χ3n) is 3.04. The lowest BCUT2D eigenvalue weighted by atomic mass is 10.2. The molecule has 0 spiro atoms. The maximum absolute atomic E-state index is 4.66. The number of rotatable bonds is 6. The summed E-state index contributed by atoms with van der Waals surface area (Å²) in [6.07, 6.45) is 2.17. The van der Waals surface area contributed by atoms with E-state index in [9.17, 15) is 0 Å². The van der Waals surface area contributed by atoms with Crippen LogP contribution in [0.4, 0.5) is 11.8 Å². The van der Waals surface area contributed by atoms with Crippen LogP contribution in [0.2, 0.25) is 0 Å². The first-order valence-corrected chi connectivity index (χ1v) is 6.98. The highest BCUT2D eigenvalue weighted by Gasteiger charge is 2.10. The number of aromatic nitrogens is 2. The predicted octanol–water partition coefficient (Wildman–Crippen LogP) is 3.30. The fraction of sp³-hybridized carbons (Fsp3) is 0.467. The molecular weight excluding hydrogens is 236 g/mol. The van der Waals surface area contributed by atoms with Crippen molar-refractivity contribution < 1.29 is 0 Å². The van der Waals surface area contributed by atoms with Gasteiger partial charge in [-0.3, -0.25) is 0 Å². The minimum atomic E-state index is 0.721. The van der Waals surface area contributed by atoms with Crippen molar-refractivity contribution in [3.8, 4) is 0 Å². The fourth-order valence-corrected chi connectivity index (χ4v) is 2.11. The van der Waals surface area contributed by atoms with Gasteiger partial charge in [-0.2, -0.15) is 4.98 Å². The van der Waals surface area contributed by atoms with Crippen molar-refractivity contribution in [3.05, 3.63) is 24.3 Å². The molecule has 1 aromatic carbocycles. The Morgan fingerprint density at radius 1 is 1.11 bits per heavy atom. The zero-order valence-corrected chi connectivity index (χ0v) is 12.0. The molecule has 19 heavy (non-hydrogen) atoms. The van der Waals surface area contributed by atoms with Gasteiger partial charge in [-0.1, -0.05) is 26.0 Å². The van der Waals surface area contributed by atoms with Crippen LogP contribution in [0.3, 0.4) is 0 Å². The van der Waals surface area contributed by atoms with Gasteiger partial charge in [0.25, 0.3) is 0 Å². The van der Waals surface area contributed by atoms with Gasteiger partial charge in [0.15, 0.2) is 0 Å². The Bertz CT molecular complexity index is 539. The van der Waals surface area contributed by atoms with E-state index in [1.807, 2.05) is 18.2 Å². The van der Waals surface area contributed by atoms with Gasteiger partial charge in [-0.05, 0) is 25.0 Å². The SMILES string of the molecule is CCCNc1nc(N(C)CCC)c2ccccc2n1. The highest BCUT2D eigenvalue weighted by Crippen LogP contribution is 2.24. The van der Waals surface area contributed by atoms with Gasteiger partial charge in [-0.25, -0.2) is 4.98 Å². The molecule has 0 saturated heterocycles. The standard InChI is InChI=1S/C15H22N4/c1-4-10-16-15-17-13-9-7-6-8-12(13)14(18-15)19(3)11-5-2/h6-9H,4-5,10-11H2,1-3H3,(H,16,17,18). The van der Waals surface area contributed by atoms with E-state index in [0.29, 0.717) is 0 Å². The molecule has 0 bridgehead atoms. The molecule has 0 saturated carbocycles. The first-order valence-electron chi connectivity index (χ1n) is 6.98. The number of benzene rings is 1. The minimum Gasteiger partial charge on any atom is -0.359 e. The Hall–Kier alpha value is -1.84. The van der Waals surface area contributed by atoms with Crippen LogP contribution in [0.5, 0.6) is 0 Å². The van der Waals surface area contributed by atoms with Crippen molar-refractivity contribution in [1.29, 1.82) is 0 Å². The number of para-hydroxylation sites is 1. The summed E-state index contributed by atoms with van der Waals surface area (Å²) in [5.74, 6) is 1.73.